The summed E-state index contributed by atoms with van der Waals surface area (Å²) in [7, 11) is 0. The normalized spacial score (nSPS) is 21.5. The second-order valence-electron chi connectivity index (χ2n) is 5.87. The zero-order chi connectivity index (χ0) is 12.2. The van der Waals surface area contributed by atoms with Gasteiger partial charge in [-0.25, -0.2) is 0 Å². The lowest BCUT2D eigenvalue weighted by Gasteiger charge is -2.27. The summed E-state index contributed by atoms with van der Waals surface area (Å²) in [6, 6.07) is 0. The maximum absolute atomic E-state index is 11.9. The van der Waals surface area contributed by atoms with E-state index in [9.17, 15) is 4.79 Å². The molecule has 0 aromatic heterocycles. The third-order valence-corrected chi connectivity index (χ3v) is 3.47. The molecule has 1 unspecified atom stereocenters. The average Bonchev–Trinajstić information content (AvgIpc) is 2.66. The Morgan fingerprint density at radius 3 is 2.62 bits per heavy atom. The average molecular weight is 226 g/mol. The fourth-order valence-corrected chi connectivity index (χ4v) is 2.18. The molecule has 1 rings (SSSR count). The van der Waals surface area contributed by atoms with Gasteiger partial charge >= 0.3 is 0 Å². The van der Waals surface area contributed by atoms with Crippen LogP contribution in [0.2, 0.25) is 0 Å². The third-order valence-electron chi connectivity index (χ3n) is 3.47. The quantitative estimate of drug-likeness (QED) is 0.742. The molecule has 1 N–H and O–H groups in total. The van der Waals surface area contributed by atoms with Gasteiger partial charge in [0.25, 0.3) is 0 Å². The van der Waals surface area contributed by atoms with Crippen molar-refractivity contribution in [2.45, 2.75) is 40.5 Å². The van der Waals surface area contributed by atoms with E-state index in [1.54, 1.807) is 0 Å². The van der Waals surface area contributed by atoms with Gasteiger partial charge in [-0.3, -0.25) is 4.79 Å². The Kier molecular flexibility index (Phi) is 4.78. The standard InChI is InChI=1S/C13H26N2O/c1-5-7-14-9-12(16)15-8-6-11(10-15)13(2,3)4/h11,14H,5-10H2,1-4H3. The van der Waals surface area contributed by atoms with Gasteiger partial charge in [-0.05, 0) is 30.7 Å². The van der Waals surface area contributed by atoms with Crippen molar-refractivity contribution in [1.82, 2.24) is 10.2 Å². The highest BCUT2D eigenvalue weighted by Gasteiger charge is 2.33. The molecule has 1 heterocycles. The molecule has 0 bridgehead atoms. The zero-order valence-corrected chi connectivity index (χ0v) is 11.2. The van der Waals surface area contributed by atoms with Gasteiger partial charge in [0.15, 0.2) is 0 Å². The number of likely N-dealkylation sites (tertiary alicyclic amines) is 1. The first-order valence-electron chi connectivity index (χ1n) is 6.43. The molecule has 3 heteroatoms. The van der Waals surface area contributed by atoms with E-state index in [0.29, 0.717) is 17.9 Å². The highest BCUT2D eigenvalue weighted by atomic mass is 16.2. The first-order valence-corrected chi connectivity index (χ1v) is 6.43. The van der Waals surface area contributed by atoms with Gasteiger partial charge in [0.05, 0.1) is 6.54 Å². The largest absolute Gasteiger partial charge is 0.341 e. The van der Waals surface area contributed by atoms with Crippen LogP contribution in [0.5, 0.6) is 0 Å². The number of hydrogen-bond acceptors (Lipinski definition) is 2. The van der Waals surface area contributed by atoms with E-state index < -0.39 is 0 Å². The van der Waals surface area contributed by atoms with Gasteiger partial charge in [0.1, 0.15) is 0 Å². The number of carbonyl (C=O) groups excluding carboxylic acids is 1. The van der Waals surface area contributed by atoms with Crippen LogP contribution in [-0.2, 0) is 4.79 Å². The molecule has 0 aromatic carbocycles. The van der Waals surface area contributed by atoms with E-state index in [2.05, 4.69) is 33.0 Å². The van der Waals surface area contributed by atoms with Crippen molar-refractivity contribution in [2.75, 3.05) is 26.2 Å². The predicted octanol–water partition coefficient (Wildman–Crippen LogP) is 1.88. The van der Waals surface area contributed by atoms with E-state index in [4.69, 9.17) is 0 Å². The van der Waals surface area contributed by atoms with Crippen molar-refractivity contribution in [3.63, 3.8) is 0 Å². The van der Waals surface area contributed by atoms with Crippen molar-refractivity contribution in [3.8, 4) is 0 Å². The highest BCUT2D eigenvalue weighted by Crippen LogP contribution is 2.33. The van der Waals surface area contributed by atoms with Crippen LogP contribution in [0, 0.1) is 11.3 Å². The first-order chi connectivity index (χ1) is 7.45. The number of rotatable bonds is 4. The molecule has 1 aliphatic rings. The van der Waals surface area contributed by atoms with Crippen molar-refractivity contribution in [3.05, 3.63) is 0 Å². The Morgan fingerprint density at radius 2 is 2.12 bits per heavy atom. The Morgan fingerprint density at radius 1 is 1.44 bits per heavy atom. The highest BCUT2D eigenvalue weighted by molar-refractivity contribution is 5.78. The topological polar surface area (TPSA) is 32.3 Å². The Bertz CT molecular complexity index is 233. The molecule has 94 valence electrons. The summed E-state index contributed by atoms with van der Waals surface area (Å²) in [5, 5.41) is 3.17. The molecule has 0 aromatic rings. The lowest BCUT2D eigenvalue weighted by Crippen LogP contribution is -2.37. The second kappa shape index (κ2) is 5.67. The summed E-state index contributed by atoms with van der Waals surface area (Å²) in [5.74, 6) is 0.919. The monoisotopic (exact) mass is 226 g/mol. The van der Waals surface area contributed by atoms with Crippen LogP contribution in [0.4, 0.5) is 0 Å². The van der Waals surface area contributed by atoms with E-state index in [-0.39, 0.29) is 5.91 Å². The van der Waals surface area contributed by atoms with Crippen LogP contribution in [0.15, 0.2) is 0 Å². The number of nitrogens with zero attached hydrogens (tertiary/aromatic N) is 1. The summed E-state index contributed by atoms with van der Waals surface area (Å²) in [6.07, 6.45) is 2.24. The molecule has 1 atom stereocenters. The van der Waals surface area contributed by atoms with E-state index in [1.165, 1.54) is 0 Å². The summed E-state index contributed by atoms with van der Waals surface area (Å²) in [6.45, 7) is 12.2. The molecule has 0 spiro atoms. The van der Waals surface area contributed by atoms with E-state index in [1.807, 2.05) is 4.90 Å². The maximum Gasteiger partial charge on any atom is 0.236 e. The Hall–Kier alpha value is -0.570. The summed E-state index contributed by atoms with van der Waals surface area (Å²) in [4.78, 5) is 13.9. The molecule has 1 amide bonds. The third kappa shape index (κ3) is 3.78. The van der Waals surface area contributed by atoms with Gasteiger partial charge in [-0.15, -0.1) is 0 Å². The van der Waals surface area contributed by atoms with Crippen LogP contribution in [0.3, 0.4) is 0 Å². The van der Waals surface area contributed by atoms with Gasteiger partial charge < -0.3 is 10.2 Å². The van der Waals surface area contributed by atoms with Gasteiger partial charge in [0.2, 0.25) is 5.91 Å². The van der Waals surface area contributed by atoms with Crippen molar-refractivity contribution >= 4 is 5.91 Å². The Balaban J connectivity index is 2.32. The summed E-state index contributed by atoms with van der Waals surface area (Å²) in [5.41, 5.74) is 0.325. The van der Waals surface area contributed by atoms with Gasteiger partial charge in [0, 0.05) is 13.1 Å². The van der Waals surface area contributed by atoms with Crippen LogP contribution < -0.4 is 5.32 Å². The molecule has 1 fully saturated rings. The molecule has 0 saturated carbocycles. The Labute approximate surface area is 99.6 Å². The van der Waals surface area contributed by atoms with E-state index in [0.717, 1.165) is 32.5 Å². The number of amides is 1. The fraction of sp³-hybridized carbons (Fsp3) is 0.923. The van der Waals surface area contributed by atoms with Crippen molar-refractivity contribution in [1.29, 1.82) is 0 Å². The minimum absolute atomic E-state index is 0.264. The van der Waals surface area contributed by atoms with Crippen molar-refractivity contribution in [2.24, 2.45) is 11.3 Å². The molecule has 1 aliphatic heterocycles. The molecule has 16 heavy (non-hydrogen) atoms. The maximum atomic E-state index is 11.9. The lowest BCUT2D eigenvalue weighted by molar-refractivity contribution is -0.129. The van der Waals surface area contributed by atoms with Crippen molar-refractivity contribution < 1.29 is 4.79 Å². The molecule has 0 aliphatic carbocycles. The van der Waals surface area contributed by atoms with E-state index >= 15 is 0 Å². The lowest BCUT2D eigenvalue weighted by atomic mass is 9.80. The van der Waals surface area contributed by atoms with Crippen LogP contribution in [0.1, 0.15) is 40.5 Å². The SMILES string of the molecule is CCCNCC(=O)N1CCC(C(C)(C)C)C1. The zero-order valence-electron chi connectivity index (χ0n) is 11.2. The van der Waals surface area contributed by atoms with Crippen LogP contribution >= 0.6 is 0 Å². The van der Waals surface area contributed by atoms with Gasteiger partial charge in [-0.2, -0.15) is 0 Å². The molecule has 3 nitrogen and oxygen atoms in total. The molecular weight excluding hydrogens is 200 g/mol. The number of carbonyl (C=O) groups is 1. The summed E-state index contributed by atoms with van der Waals surface area (Å²) >= 11 is 0. The predicted molar refractivity (Wildman–Crippen MR) is 67.3 cm³/mol. The fourth-order valence-electron chi connectivity index (χ4n) is 2.18. The smallest absolute Gasteiger partial charge is 0.236 e. The van der Waals surface area contributed by atoms with Gasteiger partial charge in [-0.1, -0.05) is 27.7 Å². The first kappa shape index (κ1) is 13.5. The van der Waals surface area contributed by atoms with Crippen LogP contribution in [-0.4, -0.2) is 37.0 Å². The molecular formula is C13H26N2O. The summed E-state index contributed by atoms with van der Waals surface area (Å²) < 4.78 is 0. The number of hydrogen-bond donors (Lipinski definition) is 1. The van der Waals surface area contributed by atoms with Crippen LogP contribution in [0.25, 0.3) is 0 Å². The minimum Gasteiger partial charge on any atom is -0.341 e. The molecule has 0 radical (unpaired) electrons. The minimum atomic E-state index is 0.264. The number of nitrogens with one attached hydrogen (secondary N) is 1. The second-order valence-corrected chi connectivity index (χ2v) is 5.87. The molecule has 1 saturated heterocycles.